The fraction of sp³-hybridized carbons (Fsp3) is 0.980. The monoisotopic (exact) mass is 935 g/mol. The minimum absolute atomic E-state index is 0.0703. The van der Waals surface area contributed by atoms with Gasteiger partial charge in [-0.2, -0.15) is 0 Å². The molecule has 0 amide bonds. The second-order valence-electron chi connectivity index (χ2n) is 19.1. The number of ether oxygens (including phenoxy) is 6. The maximum absolute atomic E-state index is 13.0. The van der Waals surface area contributed by atoms with E-state index in [0.29, 0.717) is 13.0 Å². The van der Waals surface area contributed by atoms with Gasteiger partial charge in [0.15, 0.2) is 12.6 Å². The van der Waals surface area contributed by atoms with E-state index >= 15 is 0 Å². The normalized spacial score (nSPS) is 26.4. The fourth-order valence-electron chi connectivity index (χ4n) is 8.76. The standard InChI is InChI=1S/C51H98O14/c1-3-5-7-9-11-13-15-17-18-19-20-21-22-23-25-27-29-31-33-35-60-37-40(63-43(53)34-32-30-28-26-24-16-14-12-10-8-6-4-2)38-61-50-49(59)47(57)45(55)42(65-50)39-62-51-48(58)46(56)44(54)41(36-52)64-51/h40-42,44-52,54-59H,3-39H2,1-2H3. The summed E-state index contributed by atoms with van der Waals surface area (Å²) in [6.45, 7) is 3.73. The highest BCUT2D eigenvalue weighted by Crippen LogP contribution is 2.27. The maximum atomic E-state index is 13.0. The van der Waals surface area contributed by atoms with E-state index in [9.17, 15) is 40.5 Å². The molecule has 0 aliphatic carbocycles. The molecule has 0 aromatic rings. The van der Waals surface area contributed by atoms with Crippen molar-refractivity contribution in [1.82, 2.24) is 0 Å². The number of carbonyl (C=O) groups excluding carboxylic acids is 1. The van der Waals surface area contributed by atoms with E-state index in [2.05, 4.69) is 13.8 Å². The molecule has 2 aliphatic rings. The van der Waals surface area contributed by atoms with Gasteiger partial charge in [-0.3, -0.25) is 4.79 Å². The molecule has 386 valence electrons. The molecule has 11 unspecified atom stereocenters. The summed E-state index contributed by atoms with van der Waals surface area (Å²) < 4.78 is 34.3. The number of carbonyl (C=O) groups is 1. The Morgan fingerprint density at radius 2 is 0.815 bits per heavy atom. The Morgan fingerprint density at radius 1 is 0.446 bits per heavy atom. The summed E-state index contributed by atoms with van der Waals surface area (Å²) in [4.78, 5) is 13.0. The zero-order valence-electron chi connectivity index (χ0n) is 41.0. The zero-order valence-corrected chi connectivity index (χ0v) is 41.0. The van der Waals surface area contributed by atoms with Gasteiger partial charge in [0.2, 0.25) is 0 Å². The molecule has 65 heavy (non-hydrogen) atoms. The van der Waals surface area contributed by atoms with Crippen molar-refractivity contribution in [3.05, 3.63) is 0 Å². The van der Waals surface area contributed by atoms with Gasteiger partial charge in [0, 0.05) is 13.0 Å². The minimum atomic E-state index is -1.70. The van der Waals surface area contributed by atoms with Crippen LogP contribution in [0.3, 0.4) is 0 Å². The molecule has 11 atom stereocenters. The van der Waals surface area contributed by atoms with Gasteiger partial charge in [0.05, 0.1) is 26.4 Å². The minimum Gasteiger partial charge on any atom is -0.457 e. The van der Waals surface area contributed by atoms with Crippen molar-refractivity contribution in [2.45, 2.75) is 287 Å². The van der Waals surface area contributed by atoms with Crippen molar-refractivity contribution in [2.75, 3.05) is 33.0 Å². The van der Waals surface area contributed by atoms with Gasteiger partial charge in [-0.25, -0.2) is 0 Å². The second kappa shape index (κ2) is 39.8. The topological polar surface area (TPSA) is 214 Å². The summed E-state index contributed by atoms with van der Waals surface area (Å²) in [5.41, 5.74) is 0. The molecule has 0 saturated carbocycles. The quantitative estimate of drug-likeness (QED) is 0.0228. The molecular weight excluding hydrogens is 837 g/mol. The Labute approximate surface area is 393 Å². The summed E-state index contributed by atoms with van der Waals surface area (Å²) in [7, 11) is 0. The summed E-state index contributed by atoms with van der Waals surface area (Å²) in [5, 5.41) is 72.1. The third kappa shape index (κ3) is 27.7. The summed E-state index contributed by atoms with van der Waals surface area (Å²) in [5.74, 6) is -0.371. The van der Waals surface area contributed by atoms with Crippen LogP contribution < -0.4 is 0 Å². The van der Waals surface area contributed by atoms with Crippen LogP contribution in [0.5, 0.6) is 0 Å². The van der Waals surface area contributed by atoms with Crippen LogP contribution >= 0.6 is 0 Å². The lowest BCUT2D eigenvalue weighted by molar-refractivity contribution is -0.332. The van der Waals surface area contributed by atoms with Crippen molar-refractivity contribution < 1.29 is 69.0 Å². The summed E-state index contributed by atoms with van der Waals surface area (Å²) in [6, 6.07) is 0. The Hall–Kier alpha value is -1.01. The summed E-state index contributed by atoms with van der Waals surface area (Å²) in [6.07, 6.45) is 23.1. The van der Waals surface area contributed by atoms with Crippen molar-refractivity contribution in [3.63, 3.8) is 0 Å². The van der Waals surface area contributed by atoms with Gasteiger partial charge in [-0.1, -0.05) is 200 Å². The average molecular weight is 935 g/mol. The fourth-order valence-corrected chi connectivity index (χ4v) is 8.76. The molecule has 0 aromatic heterocycles. The number of aliphatic hydroxyl groups excluding tert-OH is 7. The van der Waals surface area contributed by atoms with Crippen LogP contribution in [0.2, 0.25) is 0 Å². The van der Waals surface area contributed by atoms with Crippen LogP contribution in [0.4, 0.5) is 0 Å². The van der Waals surface area contributed by atoms with Crippen molar-refractivity contribution in [1.29, 1.82) is 0 Å². The van der Waals surface area contributed by atoms with E-state index in [1.807, 2.05) is 0 Å². The van der Waals surface area contributed by atoms with Crippen LogP contribution in [0.15, 0.2) is 0 Å². The number of hydrogen-bond donors (Lipinski definition) is 7. The number of unbranched alkanes of at least 4 members (excludes halogenated alkanes) is 29. The molecule has 2 fully saturated rings. The van der Waals surface area contributed by atoms with Crippen molar-refractivity contribution >= 4 is 5.97 Å². The first-order valence-corrected chi connectivity index (χ1v) is 26.6. The Morgan fingerprint density at radius 3 is 1.25 bits per heavy atom. The Kier molecular flexibility index (Phi) is 36.8. The highest BCUT2D eigenvalue weighted by molar-refractivity contribution is 5.69. The van der Waals surface area contributed by atoms with Gasteiger partial charge in [0.25, 0.3) is 0 Å². The molecule has 0 bridgehead atoms. The van der Waals surface area contributed by atoms with Crippen LogP contribution in [0.25, 0.3) is 0 Å². The van der Waals surface area contributed by atoms with E-state index in [0.717, 1.165) is 38.5 Å². The van der Waals surface area contributed by atoms with E-state index in [4.69, 9.17) is 28.4 Å². The average Bonchev–Trinajstić information content (AvgIpc) is 3.30. The van der Waals surface area contributed by atoms with Crippen LogP contribution in [0, 0.1) is 0 Å². The third-order valence-corrected chi connectivity index (χ3v) is 13.1. The predicted molar refractivity (Wildman–Crippen MR) is 252 cm³/mol. The van der Waals surface area contributed by atoms with Gasteiger partial charge in [-0.15, -0.1) is 0 Å². The van der Waals surface area contributed by atoms with Gasteiger partial charge < -0.3 is 64.2 Å². The van der Waals surface area contributed by atoms with Crippen LogP contribution in [-0.2, 0) is 33.2 Å². The number of aliphatic hydroxyl groups is 7. The SMILES string of the molecule is CCCCCCCCCCCCCCCCCCCCCOCC(COC1OC(COC2OC(CO)C(O)C(O)C2O)C(O)C(O)C1O)OC(=O)CCCCCCCCCCCCCC. The Balaban J connectivity index is 1.73. The number of esters is 1. The van der Waals surface area contributed by atoms with Gasteiger partial charge in [-0.05, 0) is 12.8 Å². The van der Waals surface area contributed by atoms with Gasteiger partial charge >= 0.3 is 5.97 Å². The van der Waals surface area contributed by atoms with Crippen LogP contribution in [-0.4, -0.2) is 142 Å². The lowest BCUT2D eigenvalue weighted by atomic mass is 9.98. The van der Waals surface area contributed by atoms with Gasteiger partial charge in [0.1, 0.15) is 54.9 Å². The first-order valence-electron chi connectivity index (χ1n) is 26.6. The third-order valence-electron chi connectivity index (χ3n) is 13.1. The zero-order chi connectivity index (χ0) is 47.3. The molecule has 7 N–H and O–H groups in total. The molecule has 2 aliphatic heterocycles. The second-order valence-corrected chi connectivity index (χ2v) is 19.1. The molecular formula is C51H98O14. The largest absolute Gasteiger partial charge is 0.457 e. The molecule has 0 spiro atoms. The molecule has 2 saturated heterocycles. The summed E-state index contributed by atoms with van der Waals surface area (Å²) >= 11 is 0. The highest BCUT2D eigenvalue weighted by atomic mass is 16.7. The predicted octanol–water partition coefficient (Wildman–Crippen LogP) is 8.08. The Bertz CT molecular complexity index is 1090. The number of rotatable bonds is 43. The smallest absolute Gasteiger partial charge is 0.306 e. The molecule has 14 nitrogen and oxygen atoms in total. The molecule has 0 radical (unpaired) electrons. The molecule has 0 aromatic carbocycles. The van der Waals surface area contributed by atoms with Crippen molar-refractivity contribution in [2.24, 2.45) is 0 Å². The molecule has 2 heterocycles. The number of hydrogen-bond acceptors (Lipinski definition) is 14. The van der Waals surface area contributed by atoms with E-state index in [1.54, 1.807) is 0 Å². The highest BCUT2D eigenvalue weighted by Gasteiger charge is 2.47. The maximum Gasteiger partial charge on any atom is 0.306 e. The van der Waals surface area contributed by atoms with Crippen LogP contribution in [0.1, 0.15) is 219 Å². The van der Waals surface area contributed by atoms with E-state index < -0.39 is 80.7 Å². The van der Waals surface area contributed by atoms with Crippen molar-refractivity contribution in [3.8, 4) is 0 Å². The first-order chi connectivity index (χ1) is 31.6. The molecule has 2 rings (SSSR count). The molecule has 14 heteroatoms. The lowest BCUT2D eigenvalue weighted by Crippen LogP contribution is -2.61. The lowest BCUT2D eigenvalue weighted by Gasteiger charge is -2.42. The van der Waals surface area contributed by atoms with E-state index in [-0.39, 0.29) is 25.6 Å². The van der Waals surface area contributed by atoms with E-state index in [1.165, 1.54) is 154 Å². The first kappa shape index (κ1) is 60.1.